The number of nitrogens with zero attached hydrogens (tertiary/aromatic N) is 1. The smallest absolute Gasteiger partial charge is 0.0689 e. The van der Waals surface area contributed by atoms with E-state index in [1.54, 1.807) is 0 Å². The number of nitriles is 1. The molecule has 0 aromatic heterocycles. The Hall–Kier alpha value is -0.510. The molecular weight excluding hydrogens is 146 g/mol. The van der Waals surface area contributed by atoms with Crippen molar-refractivity contribution in [1.82, 2.24) is 0 Å². The quantitative estimate of drug-likeness (QED) is 0.588. The van der Waals surface area contributed by atoms with Crippen LogP contribution in [0.3, 0.4) is 0 Å². The Morgan fingerprint density at radius 2 is 1.75 bits per heavy atom. The van der Waals surface area contributed by atoms with E-state index in [4.69, 9.17) is 5.26 Å². The number of unbranched alkanes of at least 4 members (excludes halogenated alkanes) is 1. The lowest BCUT2D eigenvalue weighted by Gasteiger charge is -2.23. The summed E-state index contributed by atoms with van der Waals surface area (Å²) >= 11 is 0. The monoisotopic (exact) mass is 167 g/mol. The predicted molar refractivity (Wildman–Crippen MR) is 52.8 cm³/mol. The summed E-state index contributed by atoms with van der Waals surface area (Å²) in [5.41, 5.74) is -0.00917. The Kier molecular flexibility index (Phi) is 5.80. The summed E-state index contributed by atoms with van der Waals surface area (Å²) in [5, 5.41) is 9.08. The minimum absolute atomic E-state index is 0.00917. The van der Waals surface area contributed by atoms with Crippen molar-refractivity contribution >= 4 is 0 Å². The van der Waals surface area contributed by atoms with Gasteiger partial charge in [0.25, 0.3) is 0 Å². The van der Waals surface area contributed by atoms with Gasteiger partial charge in [-0.2, -0.15) is 5.26 Å². The molecule has 0 N–H and O–H groups in total. The number of rotatable bonds is 6. The SMILES string of the molecule is CCCCC(C#N)(CC)CCC. The van der Waals surface area contributed by atoms with E-state index >= 15 is 0 Å². The van der Waals surface area contributed by atoms with E-state index in [1.165, 1.54) is 12.8 Å². The molecule has 0 heterocycles. The van der Waals surface area contributed by atoms with Crippen molar-refractivity contribution in [3.63, 3.8) is 0 Å². The van der Waals surface area contributed by atoms with Gasteiger partial charge in [0, 0.05) is 0 Å². The molecule has 0 aromatic carbocycles. The molecule has 0 aliphatic carbocycles. The summed E-state index contributed by atoms with van der Waals surface area (Å²) in [6.07, 6.45) is 6.70. The highest BCUT2D eigenvalue weighted by Gasteiger charge is 2.25. The molecule has 12 heavy (non-hydrogen) atoms. The van der Waals surface area contributed by atoms with Gasteiger partial charge in [0.15, 0.2) is 0 Å². The predicted octanol–water partition coefficient (Wildman–Crippen LogP) is 3.90. The van der Waals surface area contributed by atoms with Crippen LogP contribution in [0.5, 0.6) is 0 Å². The van der Waals surface area contributed by atoms with Crippen LogP contribution in [-0.2, 0) is 0 Å². The third-order valence-electron chi connectivity index (χ3n) is 2.65. The van der Waals surface area contributed by atoms with Gasteiger partial charge in [0.2, 0.25) is 0 Å². The summed E-state index contributed by atoms with van der Waals surface area (Å²) in [7, 11) is 0. The zero-order valence-electron chi connectivity index (χ0n) is 8.69. The lowest BCUT2D eigenvalue weighted by atomic mass is 9.78. The van der Waals surface area contributed by atoms with Gasteiger partial charge in [-0.05, 0) is 19.3 Å². The summed E-state index contributed by atoms with van der Waals surface area (Å²) in [6.45, 7) is 6.48. The molecule has 0 fully saturated rings. The van der Waals surface area contributed by atoms with Crippen LogP contribution < -0.4 is 0 Å². The zero-order chi connectivity index (χ0) is 9.45. The molecule has 0 radical (unpaired) electrons. The highest BCUT2D eigenvalue weighted by Crippen LogP contribution is 2.32. The molecule has 0 amide bonds. The number of hydrogen-bond acceptors (Lipinski definition) is 1. The standard InChI is InChI=1S/C11H21N/c1-4-7-9-11(6-3,10-12)8-5-2/h4-9H2,1-3H3. The molecule has 1 nitrogen and oxygen atoms in total. The minimum atomic E-state index is -0.00917. The Morgan fingerprint density at radius 3 is 2.08 bits per heavy atom. The first-order valence-corrected chi connectivity index (χ1v) is 5.16. The normalized spacial score (nSPS) is 15.2. The van der Waals surface area contributed by atoms with E-state index in [2.05, 4.69) is 26.8 Å². The van der Waals surface area contributed by atoms with Gasteiger partial charge in [-0.3, -0.25) is 0 Å². The highest BCUT2D eigenvalue weighted by molar-refractivity contribution is 4.97. The second kappa shape index (κ2) is 6.06. The van der Waals surface area contributed by atoms with E-state index in [-0.39, 0.29) is 5.41 Å². The van der Waals surface area contributed by atoms with Crippen LogP contribution in [0.15, 0.2) is 0 Å². The van der Waals surface area contributed by atoms with E-state index in [0.29, 0.717) is 0 Å². The molecule has 0 aliphatic rings. The van der Waals surface area contributed by atoms with Crippen molar-refractivity contribution in [3.05, 3.63) is 0 Å². The van der Waals surface area contributed by atoms with Crippen LogP contribution in [0.25, 0.3) is 0 Å². The van der Waals surface area contributed by atoms with Gasteiger partial charge < -0.3 is 0 Å². The van der Waals surface area contributed by atoms with Crippen molar-refractivity contribution in [2.45, 2.75) is 59.3 Å². The van der Waals surface area contributed by atoms with Crippen LogP contribution in [0.1, 0.15) is 59.3 Å². The first-order valence-electron chi connectivity index (χ1n) is 5.16. The zero-order valence-corrected chi connectivity index (χ0v) is 8.69. The number of hydrogen-bond donors (Lipinski definition) is 0. The second-order valence-corrected chi connectivity index (χ2v) is 3.60. The maximum atomic E-state index is 9.08. The van der Waals surface area contributed by atoms with Crippen LogP contribution in [0.4, 0.5) is 0 Å². The van der Waals surface area contributed by atoms with E-state index in [0.717, 1.165) is 25.7 Å². The van der Waals surface area contributed by atoms with Gasteiger partial charge >= 0.3 is 0 Å². The molecule has 0 saturated carbocycles. The van der Waals surface area contributed by atoms with Gasteiger partial charge in [-0.1, -0.05) is 40.0 Å². The molecule has 1 heteroatoms. The summed E-state index contributed by atoms with van der Waals surface area (Å²) in [6, 6.07) is 2.50. The van der Waals surface area contributed by atoms with Gasteiger partial charge in [0.1, 0.15) is 0 Å². The van der Waals surface area contributed by atoms with Gasteiger partial charge in [0.05, 0.1) is 11.5 Å². The van der Waals surface area contributed by atoms with E-state index in [1.807, 2.05) is 0 Å². The van der Waals surface area contributed by atoms with Crippen molar-refractivity contribution in [1.29, 1.82) is 5.26 Å². The highest BCUT2D eigenvalue weighted by atomic mass is 14.4. The average molecular weight is 167 g/mol. The second-order valence-electron chi connectivity index (χ2n) is 3.60. The van der Waals surface area contributed by atoms with E-state index in [9.17, 15) is 0 Å². The third kappa shape index (κ3) is 3.26. The topological polar surface area (TPSA) is 23.8 Å². The largest absolute Gasteiger partial charge is 0.198 e. The van der Waals surface area contributed by atoms with Crippen molar-refractivity contribution in [2.75, 3.05) is 0 Å². The fraction of sp³-hybridized carbons (Fsp3) is 0.909. The molecule has 70 valence electrons. The molecule has 0 bridgehead atoms. The van der Waals surface area contributed by atoms with Crippen LogP contribution in [0, 0.1) is 16.7 Å². The van der Waals surface area contributed by atoms with Crippen molar-refractivity contribution in [3.8, 4) is 6.07 Å². The van der Waals surface area contributed by atoms with Crippen LogP contribution >= 0.6 is 0 Å². The molecular formula is C11H21N. The molecule has 1 atom stereocenters. The van der Waals surface area contributed by atoms with Gasteiger partial charge in [-0.25, -0.2) is 0 Å². The summed E-state index contributed by atoms with van der Waals surface area (Å²) in [5.74, 6) is 0. The molecule has 0 rings (SSSR count). The third-order valence-corrected chi connectivity index (χ3v) is 2.65. The van der Waals surface area contributed by atoms with Crippen molar-refractivity contribution in [2.24, 2.45) is 5.41 Å². The maximum Gasteiger partial charge on any atom is 0.0689 e. The maximum absolute atomic E-state index is 9.08. The molecule has 0 spiro atoms. The molecule has 0 aromatic rings. The molecule has 0 aliphatic heterocycles. The average Bonchev–Trinajstić information content (AvgIpc) is 2.13. The summed E-state index contributed by atoms with van der Waals surface area (Å²) in [4.78, 5) is 0. The fourth-order valence-electron chi connectivity index (χ4n) is 1.66. The fourth-order valence-corrected chi connectivity index (χ4v) is 1.66. The summed E-state index contributed by atoms with van der Waals surface area (Å²) < 4.78 is 0. The van der Waals surface area contributed by atoms with Crippen LogP contribution in [0.2, 0.25) is 0 Å². The van der Waals surface area contributed by atoms with Gasteiger partial charge in [-0.15, -0.1) is 0 Å². The molecule has 0 saturated heterocycles. The van der Waals surface area contributed by atoms with Crippen molar-refractivity contribution < 1.29 is 0 Å². The Morgan fingerprint density at radius 1 is 1.08 bits per heavy atom. The lowest BCUT2D eigenvalue weighted by Crippen LogP contribution is -2.16. The first-order chi connectivity index (χ1) is 5.74. The van der Waals surface area contributed by atoms with Crippen LogP contribution in [-0.4, -0.2) is 0 Å². The molecule has 1 unspecified atom stereocenters. The Labute approximate surface area is 76.8 Å². The Bertz CT molecular complexity index is 146. The minimum Gasteiger partial charge on any atom is -0.198 e. The van der Waals surface area contributed by atoms with E-state index < -0.39 is 0 Å². The lowest BCUT2D eigenvalue weighted by molar-refractivity contribution is 0.309. The first kappa shape index (κ1) is 11.5. The Balaban J connectivity index is 4.07.